The third kappa shape index (κ3) is 4.80. The minimum absolute atomic E-state index is 0.0341. The molecule has 0 radical (unpaired) electrons. The Labute approximate surface area is 194 Å². The van der Waals surface area contributed by atoms with Crippen molar-refractivity contribution in [3.05, 3.63) is 87.5 Å². The predicted molar refractivity (Wildman–Crippen MR) is 131 cm³/mol. The summed E-state index contributed by atoms with van der Waals surface area (Å²) in [5.41, 5.74) is 3.07. The number of hydrogen-bond acceptors (Lipinski definition) is 4. The van der Waals surface area contributed by atoms with Crippen LogP contribution < -0.4 is 5.63 Å². The van der Waals surface area contributed by atoms with Gasteiger partial charge in [-0.3, -0.25) is 0 Å². The molecule has 0 bridgehead atoms. The van der Waals surface area contributed by atoms with Gasteiger partial charge in [-0.25, -0.2) is 4.79 Å². The van der Waals surface area contributed by atoms with Crippen LogP contribution in [0.4, 0.5) is 0 Å². The Kier molecular flexibility index (Phi) is 6.80. The monoisotopic (exact) mass is 448 g/mol. The van der Waals surface area contributed by atoms with Crippen LogP contribution in [0.1, 0.15) is 74.3 Å². The molecule has 0 amide bonds. The molecule has 0 atom stereocenters. The topological polar surface area (TPSA) is 50.4 Å². The van der Waals surface area contributed by atoms with E-state index >= 15 is 0 Å². The highest BCUT2D eigenvalue weighted by molar-refractivity contribution is 7.99. The smallest absolute Gasteiger partial charge is 0.353 e. The van der Waals surface area contributed by atoms with E-state index in [0.717, 1.165) is 49.0 Å². The van der Waals surface area contributed by atoms with Gasteiger partial charge in [0.25, 0.3) is 0 Å². The molecular formula is C28H32O3S. The largest absolute Gasteiger partial charge is 0.506 e. The first kappa shape index (κ1) is 22.7. The first-order valence-corrected chi connectivity index (χ1v) is 12.4. The second-order valence-corrected chi connectivity index (χ2v) is 10.4. The van der Waals surface area contributed by atoms with Gasteiger partial charge in [0.1, 0.15) is 16.4 Å². The summed E-state index contributed by atoms with van der Waals surface area (Å²) in [6, 6.07) is 18.5. The average molecular weight is 449 g/mol. The van der Waals surface area contributed by atoms with Gasteiger partial charge in [-0.1, -0.05) is 74.5 Å². The first-order valence-electron chi connectivity index (χ1n) is 11.6. The molecule has 0 unspecified atom stereocenters. The Morgan fingerprint density at radius 1 is 1.09 bits per heavy atom. The number of aromatic hydroxyl groups is 1. The van der Waals surface area contributed by atoms with Crippen molar-refractivity contribution in [3.8, 4) is 5.75 Å². The van der Waals surface area contributed by atoms with Crippen molar-refractivity contribution in [2.75, 3.05) is 0 Å². The molecule has 1 heterocycles. The molecule has 1 N–H and O–H groups in total. The molecule has 0 aliphatic heterocycles. The molecule has 3 nitrogen and oxygen atoms in total. The summed E-state index contributed by atoms with van der Waals surface area (Å²) in [5.74, 6) is 1.01. The van der Waals surface area contributed by atoms with Crippen molar-refractivity contribution in [1.29, 1.82) is 0 Å². The van der Waals surface area contributed by atoms with Crippen molar-refractivity contribution < 1.29 is 9.52 Å². The van der Waals surface area contributed by atoms with Crippen molar-refractivity contribution in [2.45, 2.75) is 80.4 Å². The second-order valence-electron chi connectivity index (χ2n) is 9.38. The number of aryl methyl sites for hydroxylation is 2. The maximum absolute atomic E-state index is 13.0. The quantitative estimate of drug-likeness (QED) is 0.391. The van der Waals surface area contributed by atoms with Gasteiger partial charge in [-0.2, -0.15) is 0 Å². The SMILES string of the molecule is Cc1ccc(C(C)C)c(Sc2c(O)cc(C3(CCCc4ccccc4)CCC3)oc2=O)c1. The lowest BCUT2D eigenvalue weighted by atomic mass is 9.64. The van der Waals surface area contributed by atoms with E-state index in [9.17, 15) is 9.90 Å². The molecule has 1 saturated carbocycles. The summed E-state index contributed by atoms with van der Waals surface area (Å²) >= 11 is 1.31. The zero-order chi connectivity index (χ0) is 22.7. The van der Waals surface area contributed by atoms with Gasteiger partial charge in [-0.05, 0) is 67.7 Å². The first-order chi connectivity index (χ1) is 15.4. The second kappa shape index (κ2) is 9.58. The lowest BCUT2D eigenvalue weighted by Crippen LogP contribution is -2.35. The number of benzene rings is 2. The van der Waals surface area contributed by atoms with Gasteiger partial charge < -0.3 is 9.52 Å². The van der Waals surface area contributed by atoms with Crippen molar-refractivity contribution in [2.24, 2.45) is 0 Å². The zero-order valence-electron chi connectivity index (χ0n) is 19.2. The fraction of sp³-hybridized carbons (Fsp3) is 0.393. The lowest BCUT2D eigenvalue weighted by Gasteiger charge is -2.41. The van der Waals surface area contributed by atoms with E-state index in [1.807, 2.05) is 13.0 Å². The molecule has 0 spiro atoms. The number of rotatable bonds is 8. The summed E-state index contributed by atoms with van der Waals surface area (Å²) in [6.45, 7) is 6.31. The van der Waals surface area contributed by atoms with E-state index in [1.165, 1.54) is 22.9 Å². The Bertz CT molecular complexity index is 1130. The molecule has 4 heteroatoms. The zero-order valence-corrected chi connectivity index (χ0v) is 20.0. The van der Waals surface area contributed by atoms with E-state index in [0.29, 0.717) is 11.7 Å². The lowest BCUT2D eigenvalue weighted by molar-refractivity contribution is 0.171. The molecule has 2 aromatic carbocycles. The van der Waals surface area contributed by atoms with Crippen LogP contribution >= 0.6 is 11.8 Å². The van der Waals surface area contributed by atoms with E-state index in [4.69, 9.17) is 4.42 Å². The van der Waals surface area contributed by atoms with Crippen LogP contribution in [0.3, 0.4) is 0 Å². The van der Waals surface area contributed by atoms with Gasteiger partial charge in [0.05, 0.1) is 0 Å². The summed E-state index contributed by atoms with van der Waals surface area (Å²) in [5, 5.41) is 10.8. The van der Waals surface area contributed by atoms with Crippen molar-refractivity contribution >= 4 is 11.8 Å². The standard InChI is InChI=1S/C28H32O3S/c1-19(2)22-13-12-20(3)17-24(22)32-26-23(29)18-25(31-27(26)30)28(15-8-16-28)14-7-11-21-9-5-4-6-10-21/h4-6,9-10,12-13,17-19,29H,7-8,11,14-16H2,1-3H3. The van der Waals surface area contributed by atoms with E-state index in [-0.39, 0.29) is 16.1 Å². The highest BCUT2D eigenvalue weighted by Gasteiger charge is 2.41. The summed E-state index contributed by atoms with van der Waals surface area (Å²) in [6.07, 6.45) is 6.15. The predicted octanol–water partition coefficient (Wildman–Crippen LogP) is 7.37. The van der Waals surface area contributed by atoms with Gasteiger partial charge in [0.15, 0.2) is 0 Å². The number of hydrogen-bond donors (Lipinski definition) is 1. The molecular weight excluding hydrogens is 416 g/mol. The molecule has 32 heavy (non-hydrogen) atoms. The van der Waals surface area contributed by atoms with Crippen LogP contribution in [0, 0.1) is 6.92 Å². The van der Waals surface area contributed by atoms with Gasteiger partial charge in [0.2, 0.25) is 0 Å². The molecule has 168 valence electrons. The third-order valence-electron chi connectivity index (χ3n) is 6.69. The van der Waals surface area contributed by atoms with Crippen LogP contribution in [0.5, 0.6) is 5.75 Å². The Balaban J connectivity index is 1.56. The Morgan fingerprint density at radius 3 is 2.47 bits per heavy atom. The maximum atomic E-state index is 13.0. The van der Waals surface area contributed by atoms with Crippen LogP contribution in [-0.2, 0) is 11.8 Å². The molecule has 3 aromatic rings. The maximum Gasteiger partial charge on any atom is 0.353 e. The average Bonchev–Trinajstić information content (AvgIpc) is 2.73. The van der Waals surface area contributed by atoms with Gasteiger partial charge in [0, 0.05) is 16.4 Å². The molecule has 1 aliphatic rings. The van der Waals surface area contributed by atoms with E-state index < -0.39 is 5.63 Å². The molecule has 1 aromatic heterocycles. The Morgan fingerprint density at radius 2 is 1.84 bits per heavy atom. The van der Waals surface area contributed by atoms with Crippen molar-refractivity contribution in [3.63, 3.8) is 0 Å². The van der Waals surface area contributed by atoms with E-state index in [1.54, 1.807) is 6.07 Å². The van der Waals surface area contributed by atoms with Gasteiger partial charge in [-0.15, -0.1) is 0 Å². The van der Waals surface area contributed by atoms with Crippen LogP contribution in [-0.4, -0.2) is 5.11 Å². The Hall–Kier alpha value is -2.46. The van der Waals surface area contributed by atoms with Crippen molar-refractivity contribution in [1.82, 2.24) is 0 Å². The fourth-order valence-corrected chi connectivity index (χ4v) is 5.82. The minimum Gasteiger partial charge on any atom is -0.506 e. The van der Waals surface area contributed by atoms with Gasteiger partial charge >= 0.3 is 5.63 Å². The molecule has 1 fully saturated rings. The highest BCUT2D eigenvalue weighted by Crippen LogP contribution is 2.48. The summed E-state index contributed by atoms with van der Waals surface area (Å²) in [4.78, 5) is 14.2. The third-order valence-corrected chi connectivity index (χ3v) is 7.84. The van der Waals surface area contributed by atoms with Crippen LogP contribution in [0.15, 0.2) is 73.6 Å². The normalized spacial score (nSPS) is 15.0. The van der Waals surface area contributed by atoms with E-state index in [2.05, 4.69) is 56.3 Å². The van der Waals surface area contributed by atoms with Crippen LogP contribution in [0.25, 0.3) is 0 Å². The summed E-state index contributed by atoms with van der Waals surface area (Å²) < 4.78 is 5.87. The minimum atomic E-state index is -0.435. The van der Waals surface area contributed by atoms with Crippen LogP contribution in [0.2, 0.25) is 0 Å². The molecule has 0 saturated heterocycles. The highest BCUT2D eigenvalue weighted by atomic mass is 32.2. The fourth-order valence-electron chi connectivity index (χ4n) is 4.64. The molecule has 1 aliphatic carbocycles. The molecule has 4 rings (SSSR count). The summed E-state index contributed by atoms with van der Waals surface area (Å²) in [7, 11) is 0.